The van der Waals surface area contributed by atoms with Crippen molar-refractivity contribution in [3.05, 3.63) is 58.8 Å². The molecule has 0 bridgehead atoms. The van der Waals surface area contributed by atoms with E-state index >= 15 is 0 Å². The monoisotopic (exact) mass is 536 g/mol. The Hall–Kier alpha value is -3.49. The topological polar surface area (TPSA) is 25.6 Å². The van der Waals surface area contributed by atoms with Crippen molar-refractivity contribution in [2.24, 2.45) is 14.1 Å². The Morgan fingerprint density at radius 1 is 1.13 bits per heavy atom. The number of rotatable bonds is 0. The predicted molar refractivity (Wildman–Crippen MR) is 80.5 cm³/mol. The Kier molecular flexibility index (Phi) is 2.31. The van der Waals surface area contributed by atoms with E-state index in [1.54, 1.807) is 0 Å². The summed E-state index contributed by atoms with van der Waals surface area (Å²) in [5, 5.41) is 0. The first-order valence-electron chi connectivity index (χ1n) is 7.64. The number of hydrogen-bond acceptors (Lipinski definition) is 1. The standard InChI is InChI=1S/C18H17N4.Bk/c1-11-6-7-12-9-14-17(16(12)21(11)3)22-15(19-14)10-13-5-4-8-20(2)18(13)22;/h4-7H,9-10H2,1-3H3;/q+1;. The molecule has 0 saturated carbocycles. The SMILES string of the molecule is Cc1ccc2c([n+]1C)-c1c(nc3n1-c1c(cc[c-][n+]1C)C3)C2.[Bk]. The van der Waals surface area contributed by atoms with Crippen molar-refractivity contribution < 1.29 is 9.13 Å². The third kappa shape index (κ3) is 1.42. The fourth-order valence-corrected chi connectivity index (χ4v) is 3.87. The van der Waals surface area contributed by atoms with E-state index in [0.29, 0.717) is 0 Å². The first kappa shape index (κ1) is 13.2. The molecule has 0 unspecified atom stereocenters. The number of nitrogens with zero attached hydrogens (tertiary/aromatic N) is 4. The van der Waals surface area contributed by atoms with E-state index in [0.717, 1.165) is 18.7 Å². The Morgan fingerprint density at radius 2 is 1.96 bits per heavy atom. The Labute approximate surface area is 129 Å². The van der Waals surface area contributed by atoms with Crippen molar-refractivity contribution in [1.29, 1.82) is 0 Å². The van der Waals surface area contributed by atoms with E-state index in [4.69, 9.17) is 4.98 Å². The molecule has 5 rings (SSSR count). The molecule has 1 aliphatic heterocycles. The molecule has 4 nitrogen and oxygen atoms in total. The maximum Gasteiger partial charge on any atom is 0.257 e. The summed E-state index contributed by atoms with van der Waals surface area (Å²) in [5.41, 5.74) is 7.76. The van der Waals surface area contributed by atoms with Gasteiger partial charge in [0.15, 0.2) is 17.3 Å². The molecular weight excluding hydrogens is 519 g/mol. The van der Waals surface area contributed by atoms with Gasteiger partial charge in [0, 0.05) is 37.6 Å². The third-order valence-electron chi connectivity index (χ3n) is 5.01. The summed E-state index contributed by atoms with van der Waals surface area (Å²) in [5.74, 6) is 2.36. The minimum atomic E-state index is 0. The molecule has 3 aromatic heterocycles. The second kappa shape index (κ2) is 4.03. The van der Waals surface area contributed by atoms with Crippen molar-refractivity contribution >= 4 is 0 Å². The number of aryl methyl sites for hydroxylation is 2. The maximum absolute atomic E-state index is 4.94. The second-order valence-electron chi connectivity index (χ2n) is 6.29. The molecule has 2 aliphatic rings. The Bertz CT molecular complexity index is 972. The van der Waals surface area contributed by atoms with E-state index in [2.05, 4.69) is 59.1 Å². The quantitative estimate of drug-likeness (QED) is 0.215. The van der Waals surface area contributed by atoms with Gasteiger partial charge in [0.25, 0.3) is 5.69 Å². The van der Waals surface area contributed by atoms with Crippen LogP contribution in [0.4, 0.5) is 0 Å². The van der Waals surface area contributed by atoms with Crippen LogP contribution >= 0.6 is 0 Å². The molecule has 0 N–H and O–H groups in total. The van der Waals surface area contributed by atoms with Crippen LogP contribution in [0.5, 0.6) is 0 Å². The Morgan fingerprint density at radius 3 is 2.78 bits per heavy atom. The van der Waals surface area contributed by atoms with Gasteiger partial charge in [0.05, 0.1) is 7.05 Å². The number of hydrogen-bond donors (Lipinski definition) is 0. The molecule has 4 heterocycles. The zero-order valence-corrected chi connectivity index (χ0v) is 16.1. The number of imidazole rings is 1. The van der Waals surface area contributed by atoms with E-state index in [1.807, 2.05) is 6.07 Å². The van der Waals surface area contributed by atoms with Gasteiger partial charge in [0.2, 0.25) is 5.69 Å². The van der Waals surface area contributed by atoms with Gasteiger partial charge in [-0.25, -0.2) is 9.55 Å². The smallest absolute Gasteiger partial charge is 0.257 e. The second-order valence-corrected chi connectivity index (χ2v) is 6.29. The summed E-state index contributed by atoms with van der Waals surface area (Å²) >= 11 is 0. The summed E-state index contributed by atoms with van der Waals surface area (Å²) in [4.78, 5) is 4.94. The number of fused-ring (bicyclic) bond motifs is 7. The van der Waals surface area contributed by atoms with Crippen molar-refractivity contribution in [2.45, 2.75) is 19.8 Å². The van der Waals surface area contributed by atoms with Crippen molar-refractivity contribution in [2.75, 3.05) is 0 Å². The molecule has 117 valence electrons. The van der Waals surface area contributed by atoms with Crippen molar-refractivity contribution in [3.63, 3.8) is 0 Å². The van der Waals surface area contributed by atoms with Crippen LogP contribution in [0.15, 0.2) is 24.3 Å². The average molecular weight is 536 g/mol. The molecule has 0 atom stereocenters. The molecule has 1 radical (unpaired) electrons. The fraction of sp³-hybridized carbons (Fsp3) is 0.278. The number of pyridine rings is 2. The van der Waals surface area contributed by atoms with Crippen LogP contribution in [0, 0.1) is 13.1 Å². The van der Waals surface area contributed by atoms with Crippen LogP contribution in [0.25, 0.3) is 17.2 Å². The number of aromatic nitrogens is 4. The van der Waals surface area contributed by atoms with E-state index in [9.17, 15) is 0 Å². The minimum Gasteiger partial charge on any atom is -0.343 e. The average Bonchev–Trinajstić information content (AvgIpc) is 3.10. The third-order valence-corrected chi connectivity index (χ3v) is 5.01. The van der Waals surface area contributed by atoms with Gasteiger partial charge in [-0.2, -0.15) is 10.6 Å². The van der Waals surface area contributed by atoms with E-state index in [-0.39, 0.29) is 0 Å². The first-order chi connectivity index (χ1) is 10.6. The van der Waals surface area contributed by atoms with Crippen LogP contribution < -0.4 is 9.13 Å². The molecule has 1 aliphatic carbocycles. The predicted octanol–water partition coefficient (Wildman–Crippen LogP) is 1.11. The molecule has 0 aromatic carbocycles. The molecule has 3 aromatic rings. The maximum atomic E-state index is 4.94. The van der Waals surface area contributed by atoms with Gasteiger partial charge < -0.3 is 4.57 Å². The van der Waals surface area contributed by atoms with Gasteiger partial charge >= 0.3 is 0 Å². The van der Waals surface area contributed by atoms with Gasteiger partial charge in [-0.05, 0) is 6.07 Å². The normalized spacial score (nSPS) is 13.2. The van der Waals surface area contributed by atoms with Crippen molar-refractivity contribution in [1.82, 2.24) is 9.55 Å². The summed E-state index contributed by atoms with van der Waals surface area (Å²) in [6, 6.07) is 8.58. The molecule has 5 heteroatoms. The minimum absolute atomic E-state index is 0. The summed E-state index contributed by atoms with van der Waals surface area (Å²) in [6.45, 7) is 2.15. The zero-order valence-electron chi connectivity index (χ0n) is 13.3. The molecule has 0 spiro atoms. The first-order valence-corrected chi connectivity index (χ1v) is 7.64. The largest absolute Gasteiger partial charge is 0.343 e. The summed E-state index contributed by atoms with van der Waals surface area (Å²) in [7, 11) is 4.21. The van der Waals surface area contributed by atoms with Crippen molar-refractivity contribution in [3.8, 4) is 17.2 Å². The van der Waals surface area contributed by atoms with Crippen LogP contribution in [0.1, 0.15) is 28.3 Å². The van der Waals surface area contributed by atoms with Crippen LogP contribution in [-0.2, 0) is 26.9 Å². The van der Waals surface area contributed by atoms with Crippen LogP contribution in [0.2, 0.25) is 0 Å². The van der Waals surface area contributed by atoms with Gasteiger partial charge in [-0.1, -0.05) is 5.56 Å². The molecule has 0 saturated heterocycles. The summed E-state index contributed by atoms with van der Waals surface area (Å²) in [6.07, 6.45) is 5.12. The van der Waals surface area contributed by atoms with Gasteiger partial charge in [-0.3, -0.25) is 0 Å². The zero-order chi connectivity index (χ0) is 15.0. The molecule has 23 heavy (non-hydrogen) atoms. The molecular formula is C18H17BkN4+. The van der Waals surface area contributed by atoms with Gasteiger partial charge in [0.1, 0.15) is 12.7 Å². The van der Waals surface area contributed by atoms with Gasteiger partial charge in [-0.15, -0.1) is 6.07 Å². The Balaban J connectivity index is 0.00000135. The summed E-state index contributed by atoms with van der Waals surface area (Å²) < 4.78 is 6.72. The molecule has 0 amide bonds. The van der Waals surface area contributed by atoms with Crippen LogP contribution in [0.3, 0.4) is 0 Å². The van der Waals surface area contributed by atoms with E-state index < -0.39 is 0 Å². The molecule has 0 fully saturated rings. The van der Waals surface area contributed by atoms with E-state index in [1.165, 1.54) is 39.7 Å². The fourth-order valence-electron chi connectivity index (χ4n) is 3.87. The van der Waals surface area contributed by atoms with Crippen LogP contribution in [-0.4, -0.2) is 9.55 Å².